The minimum atomic E-state index is -0.924. The molecule has 7 heteroatoms. The molecule has 0 aromatic carbocycles. The Kier molecular flexibility index (Phi) is 4.94. The SMILES string of the molecule is N#Cc1ncc(-c2ccc(F)nc2F)c(NC2CCCCCC2)n1. The van der Waals surface area contributed by atoms with E-state index in [2.05, 4.69) is 20.3 Å². The number of hydrogen-bond acceptors (Lipinski definition) is 5. The van der Waals surface area contributed by atoms with Gasteiger partial charge in [-0.15, -0.1) is 0 Å². The van der Waals surface area contributed by atoms with Crippen molar-refractivity contribution in [3.8, 4) is 17.2 Å². The highest BCUT2D eigenvalue weighted by Gasteiger charge is 2.19. The van der Waals surface area contributed by atoms with Gasteiger partial charge >= 0.3 is 0 Å². The predicted octanol–water partition coefficient (Wildman–Crippen LogP) is 3.82. The molecule has 2 aromatic heterocycles. The number of nitrogens with one attached hydrogen (secondary N) is 1. The zero-order valence-corrected chi connectivity index (χ0v) is 13.1. The molecule has 0 radical (unpaired) electrons. The van der Waals surface area contributed by atoms with E-state index in [-0.39, 0.29) is 17.4 Å². The van der Waals surface area contributed by atoms with E-state index in [0.29, 0.717) is 11.4 Å². The van der Waals surface area contributed by atoms with Crippen LogP contribution in [0.25, 0.3) is 11.1 Å². The Morgan fingerprint density at radius 2 is 1.79 bits per heavy atom. The van der Waals surface area contributed by atoms with E-state index < -0.39 is 11.9 Å². The van der Waals surface area contributed by atoms with Gasteiger partial charge in [0, 0.05) is 23.4 Å². The van der Waals surface area contributed by atoms with E-state index in [1.54, 1.807) is 0 Å². The molecule has 124 valence electrons. The summed E-state index contributed by atoms with van der Waals surface area (Å²) in [6.45, 7) is 0. The van der Waals surface area contributed by atoms with Gasteiger partial charge < -0.3 is 5.32 Å². The topological polar surface area (TPSA) is 74.5 Å². The first-order chi connectivity index (χ1) is 11.7. The molecule has 1 saturated carbocycles. The monoisotopic (exact) mass is 329 g/mol. The molecule has 1 aliphatic carbocycles. The van der Waals surface area contributed by atoms with Crippen molar-refractivity contribution in [1.82, 2.24) is 15.0 Å². The van der Waals surface area contributed by atoms with Crippen molar-refractivity contribution >= 4 is 5.82 Å². The summed E-state index contributed by atoms with van der Waals surface area (Å²) in [5.74, 6) is -1.41. The highest BCUT2D eigenvalue weighted by atomic mass is 19.1. The summed E-state index contributed by atoms with van der Waals surface area (Å²) in [7, 11) is 0. The largest absolute Gasteiger partial charge is 0.367 e. The maximum absolute atomic E-state index is 14.0. The van der Waals surface area contributed by atoms with Gasteiger partial charge in [-0.2, -0.15) is 19.0 Å². The third-order valence-corrected chi connectivity index (χ3v) is 4.19. The summed E-state index contributed by atoms with van der Waals surface area (Å²) in [6.07, 6.45) is 8.02. The number of nitriles is 1. The van der Waals surface area contributed by atoms with Gasteiger partial charge in [-0.25, -0.2) is 9.97 Å². The number of rotatable bonds is 3. The van der Waals surface area contributed by atoms with Gasteiger partial charge in [-0.1, -0.05) is 25.7 Å². The van der Waals surface area contributed by atoms with Gasteiger partial charge in [0.25, 0.3) is 0 Å². The summed E-state index contributed by atoms with van der Waals surface area (Å²) in [5, 5.41) is 12.3. The molecule has 1 N–H and O–H groups in total. The fourth-order valence-electron chi connectivity index (χ4n) is 2.97. The molecule has 5 nitrogen and oxygen atoms in total. The molecule has 1 fully saturated rings. The lowest BCUT2D eigenvalue weighted by molar-refractivity contribution is 0.515. The van der Waals surface area contributed by atoms with Crippen LogP contribution >= 0.6 is 0 Å². The van der Waals surface area contributed by atoms with Crippen molar-refractivity contribution < 1.29 is 8.78 Å². The highest BCUT2D eigenvalue weighted by molar-refractivity contribution is 5.74. The van der Waals surface area contributed by atoms with Crippen LogP contribution in [0.3, 0.4) is 0 Å². The standard InChI is InChI=1S/C17H17F2N5/c18-14-8-7-12(16(19)23-14)13-10-21-15(9-20)24-17(13)22-11-5-3-1-2-4-6-11/h7-8,10-11H,1-6H2,(H,21,22,24). The van der Waals surface area contributed by atoms with Gasteiger partial charge in [0.2, 0.25) is 17.7 Å². The smallest absolute Gasteiger partial charge is 0.234 e. The lowest BCUT2D eigenvalue weighted by Gasteiger charge is -2.19. The van der Waals surface area contributed by atoms with Crippen molar-refractivity contribution in [2.75, 3.05) is 5.32 Å². The second-order valence-corrected chi connectivity index (χ2v) is 5.87. The molecule has 2 heterocycles. The van der Waals surface area contributed by atoms with Gasteiger partial charge in [0.05, 0.1) is 0 Å². The van der Waals surface area contributed by atoms with Crippen LogP contribution in [0.4, 0.5) is 14.6 Å². The molecule has 0 saturated heterocycles. The second kappa shape index (κ2) is 7.30. The van der Waals surface area contributed by atoms with Crippen LogP contribution in [0.2, 0.25) is 0 Å². The minimum absolute atomic E-state index is 0.00495. The number of nitrogens with zero attached hydrogens (tertiary/aromatic N) is 4. The van der Waals surface area contributed by atoms with Crippen LogP contribution < -0.4 is 5.32 Å². The minimum Gasteiger partial charge on any atom is -0.367 e. The van der Waals surface area contributed by atoms with Crippen LogP contribution in [0.1, 0.15) is 44.3 Å². The van der Waals surface area contributed by atoms with Gasteiger partial charge in [-0.05, 0) is 25.0 Å². The lowest BCUT2D eigenvalue weighted by Crippen LogP contribution is -2.20. The maximum atomic E-state index is 14.0. The van der Waals surface area contributed by atoms with E-state index in [1.165, 1.54) is 25.1 Å². The average molecular weight is 329 g/mol. The van der Waals surface area contributed by atoms with Crippen molar-refractivity contribution in [1.29, 1.82) is 5.26 Å². The molecular weight excluding hydrogens is 312 g/mol. The maximum Gasteiger partial charge on any atom is 0.234 e. The third kappa shape index (κ3) is 3.65. The van der Waals surface area contributed by atoms with E-state index in [9.17, 15) is 8.78 Å². The van der Waals surface area contributed by atoms with Crippen LogP contribution in [0, 0.1) is 23.2 Å². The highest BCUT2D eigenvalue weighted by Crippen LogP contribution is 2.30. The van der Waals surface area contributed by atoms with Gasteiger partial charge in [0.15, 0.2) is 0 Å². The molecule has 0 aliphatic heterocycles. The first-order valence-corrected chi connectivity index (χ1v) is 8.03. The number of anilines is 1. The normalized spacial score (nSPS) is 15.5. The Balaban J connectivity index is 1.98. The second-order valence-electron chi connectivity index (χ2n) is 5.87. The molecule has 0 atom stereocenters. The Morgan fingerprint density at radius 3 is 2.46 bits per heavy atom. The van der Waals surface area contributed by atoms with Gasteiger partial charge in [-0.3, -0.25) is 0 Å². The van der Waals surface area contributed by atoms with E-state index in [1.807, 2.05) is 6.07 Å². The number of halogens is 2. The van der Waals surface area contributed by atoms with Gasteiger partial charge in [0.1, 0.15) is 11.9 Å². The predicted molar refractivity (Wildman–Crippen MR) is 85.0 cm³/mol. The van der Waals surface area contributed by atoms with Crippen LogP contribution in [0.15, 0.2) is 18.3 Å². The first-order valence-electron chi connectivity index (χ1n) is 8.03. The molecular formula is C17H17F2N5. The van der Waals surface area contributed by atoms with E-state index in [0.717, 1.165) is 31.7 Å². The molecule has 0 amide bonds. The zero-order valence-electron chi connectivity index (χ0n) is 13.1. The summed E-state index contributed by atoms with van der Waals surface area (Å²) < 4.78 is 27.1. The Labute approximate surface area is 138 Å². The number of pyridine rings is 1. The average Bonchev–Trinajstić information content (AvgIpc) is 2.84. The van der Waals surface area contributed by atoms with E-state index >= 15 is 0 Å². The molecule has 0 unspecified atom stereocenters. The molecule has 1 aliphatic rings. The lowest BCUT2D eigenvalue weighted by atomic mass is 10.1. The fourth-order valence-corrected chi connectivity index (χ4v) is 2.97. The molecule has 24 heavy (non-hydrogen) atoms. The van der Waals surface area contributed by atoms with E-state index in [4.69, 9.17) is 5.26 Å². The van der Waals surface area contributed by atoms with Crippen molar-refractivity contribution in [3.05, 3.63) is 36.0 Å². The molecule has 3 rings (SSSR count). The fraction of sp³-hybridized carbons (Fsp3) is 0.412. The Bertz CT molecular complexity index is 764. The van der Waals surface area contributed by atoms with Crippen LogP contribution in [-0.4, -0.2) is 21.0 Å². The summed E-state index contributed by atoms with van der Waals surface area (Å²) in [5.41, 5.74) is 0.486. The first kappa shape index (κ1) is 16.2. The summed E-state index contributed by atoms with van der Waals surface area (Å²) in [6, 6.07) is 4.50. The van der Waals surface area contributed by atoms with Crippen molar-refractivity contribution in [2.45, 2.75) is 44.6 Å². The number of aromatic nitrogens is 3. The summed E-state index contributed by atoms with van der Waals surface area (Å²) >= 11 is 0. The zero-order chi connectivity index (χ0) is 16.9. The van der Waals surface area contributed by atoms with Crippen molar-refractivity contribution in [2.24, 2.45) is 0 Å². The Morgan fingerprint density at radius 1 is 1.04 bits per heavy atom. The molecule has 0 spiro atoms. The number of hydrogen-bond donors (Lipinski definition) is 1. The Hall–Kier alpha value is -2.62. The summed E-state index contributed by atoms with van der Waals surface area (Å²) in [4.78, 5) is 11.3. The molecule has 0 bridgehead atoms. The quantitative estimate of drug-likeness (QED) is 0.684. The molecule has 2 aromatic rings. The third-order valence-electron chi connectivity index (χ3n) is 4.19. The van der Waals surface area contributed by atoms with Crippen LogP contribution in [-0.2, 0) is 0 Å². The van der Waals surface area contributed by atoms with Crippen LogP contribution in [0.5, 0.6) is 0 Å². The van der Waals surface area contributed by atoms with Crippen molar-refractivity contribution in [3.63, 3.8) is 0 Å².